The molecule has 0 radical (unpaired) electrons. The number of alkyl halides is 3. The van der Waals surface area contributed by atoms with Gasteiger partial charge in [0.1, 0.15) is 10.7 Å². The summed E-state index contributed by atoms with van der Waals surface area (Å²) in [5.41, 5.74) is 2.01. The maximum Gasteiger partial charge on any atom is 0.427 e. The van der Waals surface area contributed by atoms with Gasteiger partial charge in [0.15, 0.2) is 5.13 Å². The lowest BCUT2D eigenvalue weighted by Gasteiger charge is -2.26. The lowest BCUT2D eigenvalue weighted by atomic mass is 10.00. The topological polar surface area (TPSA) is 16.1 Å². The quantitative estimate of drug-likeness (QED) is 0.749. The van der Waals surface area contributed by atoms with E-state index in [1.54, 1.807) is 12.1 Å². The normalized spacial score (nSPS) is 15.8. The maximum atomic E-state index is 12.9. The molecule has 1 aliphatic rings. The summed E-state index contributed by atoms with van der Waals surface area (Å²) in [5, 5.41) is 0.377. The molecule has 0 amide bonds. The highest BCUT2D eigenvalue weighted by Crippen LogP contribution is 2.37. The molecule has 2 heterocycles. The lowest BCUT2D eigenvalue weighted by Crippen LogP contribution is -2.27. The minimum Gasteiger partial charge on any atom is -0.344 e. The smallest absolute Gasteiger partial charge is 0.344 e. The van der Waals surface area contributed by atoms with Crippen molar-refractivity contribution in [3.63, 3.8) is 0 Å². The summed E-state index contributed by atoms with van der Waals surface area (Å²) < 4.78 is 50.7. The SMILES string of the molecule is Fc1ccc(C2=CCN(c3ncc(C(F)(F)F)s3)CC2)cc1. The van der Waals surface area contributed by atoms with Gasteiger partial charge in [-0.3, -0.25) is 0 Å². The lowest BCUT2D eigenvalue weighted by molar-refractivity contribution is -0.134. The minimum atomic E-state index is -4.35. The van der Waals surface area contributed by atoms with Crippen molar-refractivity contribution in [2.75, 3.05) is 18.0 Å². The van der Waals surface area contributed by atoms with Crippen LogP contribution >= 0.6 is 11.3 Å². The van der Waals surface area contributed by atoms with Gasteiger partial charge < -0.3 is 4.90 Å². The Morgan fingerprint density at radius 2 is 1.86 bits per heavy atom. The number of halogens is 4. The first-order valence-electron chi connectivity index (χ1n) is 6.66. The average Bonchev–Trinajstić information content (AvgIpc) is 2.98. The summed E-state index contributed by atoms with van der Waals surface area (Å²) in [6.07, 6.45) is -0.835. The molecule has 0 aliphatic carbocycles. The molecular formula is C15H12F4N2S. The number of thiazole rings is 1. The van der Waals surface area contributed by atoms with Gasteiger partial charge in [0, 0.05) is 13.1 Å². The van der Waals surface area contributed by atoms with E-state index in [9.17, 15) is 17.6 Å². The van der Waals surface area contributed by atoms with E-state index in [1.807, 2.05) is 11.0 Å². The molecule has 2 aromatic rings. The van der Waals surface area contributed by atoms with E-state index in [0.717, 1.165) is 17.3 Å². The summed E-state index contributed by atoms with van der Waals surface area (Å²) in [7, 11) is 0. The fraction of sp³-hybridized carbons (Fsp3) is 0.267. The second kappa shape index (κ2) is 5.72. The van der Waals surface area contributed by atoms with Crippen molar-refractivity contribution in [1.82, 2.24) is 4.98 Å². The van der Waals surface area contributed by atoms with Gasteiger partial charge in [-0.05, 0) is 29.7 Å². The molecule has 0 saturated heterocycles. The summed E-state index contributed by atoms with van der Waals surface area (Å²) in [6, 6.07) is 6.22. The first-order valence-corrected chi connectivity index (χ1v) is 7.48. The molecule has 0 bridgehead atoms. The van der Waals surface area contributed by atoms with Crippen molar-refractivity contribution in [2.24, 2.45) is 0 Å². The third-order valence-corrected chi connectivity index (χ3v) is 4.57. The van der Waals surface area contributed by atoms with Crippen molar-refractivity contribution in [3.05, 3.63) is 52.8 Å². The van der Waals surface area contributed by atoms with E-state index in [0.29, 0.717) is 36.0 Å². The van der Waals surface area contributed by atoms with Crippen molar-refractivity contribution in [1.29, 1.82) is 0 Å². The molecule has 1 aromatic heterocycles. The summed E-state index contributed by atoms with van der Waals surface area (Å²) >= 11 is 0.656. The minimum absolute atomic E-state index is 0.288. The molecule has 2 nitrogen and oxygen atoms in total. The molecule has 116 valence electrons. The van der Waals surface area contributed by atoms with E-state index in [2.05, 4.69) is 4.98 Å². The Labute approximate surface area is 128 Å². The molecule has 22 heavy (non-hydrogen) atoms. The van der Waals surface area contributed by atoms with Crippen LogP contribution in [0, 0.1) is 5.82 Å². The van der Waals surface area contributed by atoms with Crippen molar-refractivity contribution < 1.29 is 17.6 Å². The molecule has 0 atom stereocenters. The summed E-state index contributed by atoms with van der Waals surface area (Å²) in [4.78, 5) is 4.99. The monoisotopic (exact) mass is 328 g/mol. The molecule has 7 heteroatoms. The standard InChI is InChI=1S/C15H12F4N2S/c16-12-3-1-10(2-4-12)11-5-7-21(8-6-11)14-20-9-13(22-14)15(17,18)19/h1-5,9H,6-8H2. The van der Waals surface area contributed by atoms with Crippen molar-refractivity contribution in [2.45, 2.75) is 12.6 Å². The van der Waals surface area contributed by atoms with Crippen LogP contribution in [0.1, 0.15) is 16.9 Å². The number of benzene rings is 1. The third kappa shape index (κ3) is 3.14. The van der Waals surface area contributed by atoms with Crippen LogP contribution in [-0.2, 0) is 6.18 Å². The van der Waals surface area contributed by atoms with Crippen molar-refractivity contribution >= 4 is 22.0 Å². The molecule has 0 spiro atoms. The van der Waals surface area contributed by atoms with Crippen LogP contribution in [0.2, 0.25) is 0 Å². The first-order chi connectivity index (χ1) is 10.4. The van der Waals surface area contributed by atoms with E-state index >= 15 is 0 Å². The highest BCUT2D eigenvalue weighted by molar-refractivity contribution is 7.15. The van der Waals surface area contributed by atoms with Crippen LogP contribution in [-0.4, -0.2) is 18.1 Å². The second-order valence-corrected chi connectivity index (χ2v) is 5.95. The number of rotatable bonds is 2. The van der Waals surface area contributed by atoms with E-state index in [-0.39, 0.29) is 5.82 Å². The third-order valence-electron chi connectivity index (χ3n) is 3.47. The van der Waals surface area contributed by atoms with Gasteiger partial charge in [-0.1, -0.05) is 29.5 Å². The molecule has 0 unspecified atom stereocenters. The number of hydrogen-bond acceptors (Lipinski definition) is 3. The predicted molar refractivity (Wildman–Crippen MR) is 78.3 cm³/mol. The van der Waals surface area contributed by atoms with Crippen LogP contribution in [0.15, 0.2) is 36.5 Å². The van der Waals surface area contributed by atoms with Crippen molar-refractivity contribution in [3.8, 4) is 0 Å². The van der Waals surface area contributed by atoms with Crippen LogP contribution < -0.4 is 4.90 Å². The predicted octanol–water partition coefficient (Wildman–Crippen LogP) is 4.59. The van der Waals surface area contributed by atoms with E-state index < -0.39 is 11.1 Å². The molecule has 0 saturated carbocycles. The molecule has 1 aromatic carbocycles. The maximum absolute atomic E-state index is 12.9. The van der Waals surface area contributed by atoms with Gasteiger partial charge in [-0.15, -0.1) is 0 Å². The Morgan fingerprint density at radius 3 is 2.41 bits per heavy atom. The van der Waals surface area contributed by atoms with Crippen LogP contribution in [0.3, 0.4) is 0 Å². The fourth-order valence-corrected chi connectivity index (χ4v) is 3.13. The Kier molecular flexibility index (Phi) is 3.90. The van der Waals surface area contributed by atoms with Crippen LogP contribution in [0.5, 0.6) is 0 Å². The first kappa shape index (κ1) is 15.0. The average molecular weight is 328 g/mol. The van der Waals surface area contributed by atoms with Crippen LogP contribution in [0.25, 0.3) is 5.57 Å². The van der Waals surface area contributed by atoms with Crippen LogP contribution in [0.4, 0.5) is 22.7 Å². The number of nitrogens with zero attached hydrogens (tertiary/aromatic N) is 2. The second-order valence-electron chi connectivity index (χ2n) is 4.94. The highest BCUT2D eigenvalue weighted by Gasteiger charge is 2.34. The Bertz CT molecular complexity index is 688. The zero-order valence-electron chi connectivity index (χ0n) is 11.4. The van der Waals surface area contributed by atoms with Gasteiger partial charge in [0.05, 0.1) is 6.20 Å². The zero-order valence-corrected chi connectivity index (χ0v) is 12.2. The molecule has 1 aliphatic heterocycles. The Balaban J connectivity index is 1.73. The Morgan fingerprint density at radius 1 is 1.14 bits per heavy atom. The largest absolute Gasteiger partial charge is 0.427 e. The van der Waals surface area contributed by atoms with Gasteiger partial charge in [-0.25, -0.2) is 9.37 Å². The molecule has 3 rings (SSSR count). The van der Waals surface area contributed by atoms with Gasteiger partial charge in [0.25, 0.3) is 0 Å². The summed E-state index contributed by atoms with van der Waals surface area (Å²) in [5.74, 6) is -0.288. The fourth-order valence-electron chi connectivity index (χ4n) is 2.31. The molecular weight excluding hydrogens is 316 g/mol. The number of anilines is 1. The number of hydrogen-bond donors (Lipinski definition) is 0. The number of aromatic nitrogens is 1. The van der Waals surface area contributed by atoms with Gasteiger partial charge >= 0.3 is 6.18 Å². The molecule has 0 fully saturated rings. The summed E-state index contributed by atoms with van der Waals surface area (Å²) in [6.45, 7) is 1.09. The van der Waals surface area contributed by atoms with Gasteiger partial charge in [-0.2, -0.15) is 13.2 Å². The van der Waals surface area contributed by atoms with E-state index in [1.165, 1.54) is 12.1 Å². The zero-order chi connectivity index (χ0) is 15.7. The van der Waals surface area contributed by atoms with E-state index in [4.69, 9.17) is 0 Å². The van der Waals surface area contributed by atoms with Gasteiger partial charge in [0.2, 0.25) is 0 Å². The Hall–Kier alpha value is -1.89. The highest BCUT2D eigenvalue weighted by atomic mass is 32.1. The molecule has 0 N–H and O–H groups in total.